The van der Waals surface area contributed by atoms with Crippen LogP contribution in [0.2, 0.25) is 0 Å². The van der Waals surface area contributed by atoms with Crippen LogP contribution in [0.4, 0.5) is 105 Å². The second kappa shape index (κ2) is 30.0. The van der Waals surface area contributed by atoms with Gasteiger partial charge in [0.05, 0.1) is 44.5 Å². The fourth-order valence-corrected chi connectivity index (χ4v) is 11.2. The minimum Gasteiger partial charge on any atom is -0.200 e. The molecule has 7 aromatic rings. The molecule has 0 atom stereocenters. The first kappa shape index (κ1) is 74.2. The van der Waals surface area contributed by atoms with Crippen LogP contribution in [0.5, 0.6) is 0 Å². The van der Waals surface area contributed by atoms with E-state index in [1.807, 2.05) is 0 Å². The monoisotopic (exact) mass is 1340 g/mol. The minimum atomic E-state index is -6.13. The zero-order chi connectivity index (χ0) is 68.3. The quantitative estimate of drug-likeness (QED) is 0.0260. The number of benzene rings is 6. The summed E-state index contributed by atoms with van der Waals surface area (Å²) in [5.41, 5.74) is -27.3. The van der Waals surface area contributed by atoms with Gasteiger partial charge in [-0.3, -0.25) is 0 Å². The normalized spacial score (nSPS) is 13.2. The van der Waals surface area contributed by atoms with Gasteiger partial charge in [0.15, 0.2) is 18.9 Å². The van der Waals surface area contributed by atoms with Crippen molar-refractivity contribution in [3.8, 4) is 0 Å². The summed E-state index contributed by atoms with van der Waals surface area (Å²) in [6, 6.07) is 11.3. The lowest BCUT2D eigenvalue weighted by molar-refractivity contribution is -0.687. The summed E-state index contributed by atoms with van der Waals surface area (Å²) < 4.78 is 343. The summed E-state index contributed by atoms with van der Waals surface area (Å²) in [5, 5.41) is 2.60. The van der Waals surface area contributed by atoms with Gasteiger partial charge in [-0.2, -0.15) is 127 Å². The molecule has 0 saturated heterocycles. The van der Waals surface area contributed by atoms with E-state index < -0.39 is 195 Å². The Morgan fingerprint density at radius 3 is 0.804 bits per heavy atom. The Hall–Kier alpha value is -6.89. The third-order valence-electron chi connectivity index (χ3n) is 15.9. The molecule has 502 valence electrons. The first-order valence-electron chi connectivity index (χ1n) is 29.4. The van der Waals surface area contributed by atoms with Gasteiger partial charge in [-0.15, -0.1) is 0 Å². The molecule has 0 fully saturated rings. The Labute approximate surface area is 514 Å². The molecule has 7 rings (SSSR count). The van der Waals surface area contributed by atoms with Crippen molar-refractivity contribution >= 4 is 38.8 Å². The predicted octanol–water partition coefficient (Wildman–Crippen LogP) is 21.2. The first-order valence-corrected chi connectivity index (χ1v) is 29.4. The Bertz CT molecular complexity index is 3070. The van der Waals surface area contributed by atoms with Crippen molar-refractivity contribution in [2.45, 2.75) is 172 Å². The number of nitrogens with zero attached hydrogens (tertiary/aromatic N) is 1. The van der Waals surface area contributed by atoms with Crippen molar-refractivity contribution in [1.82, 2.24) is 0 Å². The molecule has 0 radical (unpaired) electrons. The van der Waals surface area contributed by atoms with E-state index in [1.165, 1.54) is 131 Å². The predicted molar refractivity (Wildman–Crippen MR) is 303 cm³/mol. The van der Waals surface area contributed by atoms with Crippen LogP contribution in [-0.2, 0) is 62.4 Å². The fourth-order valence-electron chi connectivity index (χ4n) is 11.2. The highest BCUT2D eigenvalue weighted by Crippen LogP contribution is 2.42. The molecule has 6 aromatic carbocycles. The number of fused-ring (bicyclic) bond motifs is 1. The average Bonchev–Trinajstić information content (AvgIpc) is 0.709. The van der Waals surface area contributed by atoms with E-state index >= 15 is 0 Å². The van der Waals surface area contributed by atoms with E-state index in [-0.39, 0.29) is 0 Å². The number of hydrogen-bond acceptors (Lipinski definition) is 0. The third-order valence-corrected chi connectivity index (χ3v) is 15.9. The standard InChI is InChI=1S/C34H50N.C32H12BF24/c1-2-3-4-5-6-7-8-9-10-11-12-13-14-15-16-17-20-31-23-25-32(26-24-31)29-35-28-27-33-21-18-19-22-34(33)30-35;34-25(35,36)13-1-14(26(37,38)39)6-21(5-13)33(22-7-15(27(40,41)42)2-16(8-22)28(43,44)45,23-9-17(29(46,47)48)3-18(10-23)30(49,50)51)24-11-19(31(52,53)54)4-20(12-24)32(55,56)57/h18-19,21-28,30H,2-17,20,29H2,1H3;1-12H/q+1;-1. The number of alkyl halides is 24. The van der Waals surface area contributed by atoms with Crippen LogP contribution < -0.4 is 26.4 Å². The summed E-state index contributed by atoms with van der Waals surface area (Å²) in [5.74, 6) is 0. The lowest BCUT2D eigenvalue weighted by atomic mass is 9.12. The summed E-state index contributed by atoms with van der Waals surface area (Å²) in [7, 11) is 0. The van der Waals surface area contributed by atoms with Crippen LogP contribution in [0.3, 0.4) is 0 Å². The Kier molecular flexibility index (Phi) is 24.2. The molecule has 0 unspecified atom stereocenters. The molecule has 0 bridgehead atoms. The van der Waals surface area contributed by atoms with Crippen molar-refractivity contribution in [3.05, 3.63) is 195 Å². The molecule has 0 saturated carbocycles. The molecule has 0 amide bonds. The molecule has 26 heteroatoms. The molecule has 1 aromatic heterocycles. The van der Waals surface area contributed by atoms with Crippen molar-refractivity contribution in [3.63, 3.8) is 0 Å². The van der Waals surface area contributed by atoms with Gasteiger partial charge in [-0.1, -0.05) is 194 Å². The zero-order valence-corrected chi connectivity index (χ0v) is 49.1. The summed E-state index contributed by atoms with van der Waals surface area (Å²) in [6.45, 7) is 3.23. The van der Waals surface area contributed by atoms with E-state index in [9.17, 15) is 105 Å². The third kappa shape index (κ3) is 20.6. The highest BCUT2D eigenvalue weighted by Gasteiger charge is 2.47. The Morgan fingerprint density at radius 2 is 0.533 bits per heavy atom. The molecule has 0 aliphatic carbocycles. The topological polar surface area (TPSA) is 3.88 Å². The number of rotatable bonds is 23. The summed E-state index contributed by atoms with van der Waals surface area (Å²) in [4.78, 5) is 0. The highest BCUT2D eigenvalue weighted by molar-refractivity contribution is 7.20. The molecular weight excluding hydrogens is 1270 g/mol. The summed E-state index contributed by atoms with van der Waals surface area (Å²) >= 11 is 0. The van der Waals surface area contributed by atoms with Gasteiger partial charge in [-0.05, 0) is 54.1 Å². The maximum Gasteiger partial charge on any atom is 0.416 e. The van der Waals surface area contributed by atoms with E-state index in [0.29, 0.717) is 0 Å². The maximum absolute atomic E-state index is 14.2. The highest BCUT2D eigenvalue weighted by atomic mass is 19.4. The molecular formula is C66H62BF24N. The van der Waals surface area contributed by atoms with Gasteiger partial charge in [0.1, 0.15) is 6.15 Å². The molecule has 1 nitrogen and oxygen atoms in total. The Morgan fingerprint density at radius 1 is 0.283 bits per heavy atom. The van der Waals surface area contributed by atoms with Crippen LogP contribution in [0, 0.1) is 0 Å². The minimum absolute atomic E-state index is 0.691. The number of aromatic nitrogens is 1. The van der Waals surface area contributed by atoms with Gasteiger partial charge in [-0.25, -0.2) is 4.57 Å². The number of pyridine rings is 1. The number of halogens is 24. The molecule has 1 heterocycles. The van der Waals surface area contributed by atoms with E-state index in [0.717, 1.165) is 6.54 Å². The average molecular weight is 1340 g/mol. The van der Waals surface area contributed by atoms with Gasteiger partial charge in [0.25, 0.3) is 0 Å². The van der Waals surface area contributed by atoms with E-state index in [4.69, 9.17) is 0 Å². The van der Waals surface area contributed by atoms with Gasteiger partial charge < -0.3 is 0 Å². The first-order chi connectivity index (χ1) is 42.6. The number of unbranched alkanes of at least 4 members (excludes halogenated alkanes) is 15. The smallest absolute Gasteiger partial charge is 0.200 e. The van der Waals surface area contributed by atoms with Crippen LogP contribution in [0.1, 0.15) is 165 Å². The molecule has 92 heavy (non-hydrogen) atoms. The van der Waals surface area contributed by atoms with Crippen LogP contribution in [0.15, 0.2) is 140 Å². The van der Waals surface area contributed by atoms with Crippen LogP contribution in [-0.4, -0.2) is 6.15 Å². The lowest BCUT2D eigenvalue weighted by Crippen LogP contribution is -2.75. The second-order valence-corrected chi connectivity index (χ2v) is 22.8. The molecule has 0 aliphatic heterocycles. The maximum atomic E-state index is 14.2. The van der Waals surface area contributed by atoms with Gasteiger partial charge >= 0.3 is 49.4 Å². The lowest BCUT2D eigenvalue weighted by Gasteiger charge is -2.46. The summed E-state index contributed by atoms with van der Waals surface area (Å²) in [6.07, 6.45) is -26.2. The fraction of sp³-hybridized carbons (Fsp3) is 0.409. The van der Waals surface area contributed by atoms with Gasteiger partial charge in [0, 0.05) is 17.0 Å². The zero-order valence-electron chi connectivity index (χ0n) is 49.1. The molecule has 0 aliphatic rings. The van der Waals surface area contributed by atoms with Crippen molar-refractivity contribution < 1.29 is 110 Å². The molecule has 0 N–H and O–H groups in total. The SMILES string of the molecule is CCCCCCCCCCCCCCCCCCc1ccc(C[n+]2ccc3ccccc3c2)cc1.FC(F)(F)c1cc([B-](c2cc(C(F)(F)F)cc(C(F)(F)F)c2)(c2cc(C(F)(F)F)cc(C(F)(F)F)c2)c2cc(C(F)(F)F)cc(C(F)(F)F)c2)cc(C(F)(F)F)c1. The molecule has 0 spiro atoms. The largest absolute Gasteiger partial charge is 0.416 e. The second-order valence-electron chi connectivity index (χ2n) is 22.8. The van der Waals surface area contributed by atoms with E-state index in [1.54, 1.807) is 0 Å². The number of hydrogen-bond donors (Lipinski definition) is 0. The van der Waals surface area contributed by atoms with Crippen molar-refractivity contribution in [1.29, 1.82) is 0 Å². The van der Waals surface area contributed by atoms with Crippen LogP contribution >= 0.6 is 0 Å². The van der Waals surface area contributed by atoms with Crippen molar-refractivity contribution in [2.75, 3.05) is 0 Å². The van der Waals surface area contributed by atoms with Crippen molar-refractivity contribution in [2.24, 2.45) is 0 Å². The van der Waals surface area contributed by atoms with E-state index in [2.05, 4.69) is 78.5 Å². The number of aryl methyl sites for hydroxylation is 1. The Balaban J connectivity index is 0.000000328. The van der Waals surface area contributed by atoms with Crippen LogP contribution in [0.25, 0.3) is 10.8 Å². The van der Waals surface area contributed by atoms with Gasteiger partial charge in [0.2, 0.25) is 0 Å².